The molecule has 1 aromatic heterocycles. The van der Waals surface area contributed by atoms with Gasteiger partial charge in [0.25, 0.3) is 5.91 Å². The van der Waals surface area contributed by atoms with Gasteiger partial charge in [-0.05, 0) is 18.2 Å². The number of nitrogens with one attached hydrogen (secondary N) is 2. The smallest absolute Gasteiger partial charge is 0.331 e. The van der Waals surface area contributed by atoms with Gasteiger partial charge in [-0.2, -0.15) is 0 Å². The number of carbonyl (C=O) groups excluding carboxylic acids is 2. The lowest BCUT2D eigenvalue weighted by Gasteiger charge is -1.99. The summed E-state index contributed by atoms with van der Waals surface area (Å²) in [4.78, 5) is 24.7. The Bertz CT molecular complexity index is 355. The number of ether oxygens (including phenoxy) is 1. The van der Waals surface area contributed by atoms with Crippen molar-refractivity contribution in [2.75, 3.05) is 13.7 Å². The molecule has 5 nitrogen and oxygen atoms in total. The first-order chi connectivity index (χ1) is 7.22. The number of amides is 1. The maximum absolute atomic E-state index is 11.1. The minimum absolute atomic E-state index is 0.260. The highest BCUT2D eigenvalue weighted by atomic mass is 16.5. The Labute approximate surface area is 87.1 Å². The summed E-state index contributed by atoms with van der Waals surface area (Å²) in [5, 5.41) is 2.34. The van der Waals surface area contributed by atoms with E-state index in [1.165, 1.54) is 13.1 Å². The molecule has 0 atom stereocenters. The molecule has 0 saturated carbocycles. The van der Waals surface area contributed by atoms with Crippen LogP contribution in [-0.4, -0.2) is 30.5 Å². The van der Waals surface area contributed by atoms with Gasteiger partial charge in [0.05, 0.1) is 0 Å². The SMILES string of the molecule is CNC(=O)COC(=O)C=Cc1ccc[nH]1. The predicted molar refractivity (Wildman–Crippen MR) is 54.9 cm³/mol. The maximum atomic E-state index is 11.1. The number of aromatic amines is 1. The largest absolute Gasteiger partial charge is 0.452 e. The van der Waals surface area contributed by atoms with Crippen LogP contribution in [0.4, 0.5) is 0 Å². The Morgan fingerprint density at radius 1 is 1.60 bits per heavy atom. The molecule has 0 bridgehead atoms. The molecule has 0 spiro atoms. The van der Waals surface area contributed by atoms with Crippen LogP contribution < -0.4 is 5.32 Å². The summed E-state index contributed by atoms with van der Waals surface area (Å²) < 4.78 is 4.64. The molecule has 0 aliphatic carbocycles. The standard InChI is InChI=1S/C10H12N2O3/c1-11-9(13)7-15-10(14)5-4-8-3-2-6-12-8/h2-6,12H,7H2,1H3,(H,11,13). The molecule has 1 aromatic rings. The van der Waals surface area contributed by atoms with E-state index in [0.29, 0.717) is 0 Å². The first-order valence-corrected chi connectivity index (χ1v) is 4.41. The van der Waals surface area contributed by atoms with Crippen molar-refractivity contribution in [1.82, 2.24) is 10.3 Å². The van der Waals surface area contributed by atoms with Crippen molar-refractivity contribution >= 4 is 18.0 Å². The van der Waals surface area contributed by atoms with Gasteiger partial charge in [0, 0.05) is 25.0 Å². The number of likely N-dealkylation sites (N-methyl/N-ethyl adjacent to an activating group) is 1. The topological polar surface area (TPSA) is 71.2 Å². The zero-order chi connectivity index (χ0) is 11.1. The van der Waals surface area contributed by atoms with Gasteiger partial charge >= 0.3 is 5.97 Å². The fourth-order valence-electron chi connectivity index (χ4n) is 0.863. The monoisotopic (exact) mass is 208 g/mol. The second-order valence-corrected chi connectivity index (χ2v) is 2.74. The molecular weight excluding hydrogens is 196 g/mol. The van der Waals surface area contributed by atoms with Crippen molar-refractivity contribution in [3.8, 4) is 0 Å². The minimum atomic E-state index is -0.548. The van der Waals surface area contributed by atoms with Gasteiger partial charge in [-0.1, -0.05) is 0 Å². The molecule has 0 fully saturated rings. The van der Waals surface area contributed by atoms with Gasteiger partial charge in [0.2, 0.25) is 0 Å². The number of carbonyl (C=O) groups is 2. The van der Waals surface area contributed by atoms with Crippen molar-refractivity contribution in [2.24, 2.45) is 0 Å². The summed E-state index contributed by atoms with van der Waals surface area (Å²) in [7, 11) is 1.48. The Morgan fingerprint density at radius 2 is 2.40 bits per heavy atom. The second-order valence-electron chi connectivity index (χ2n) is 2.74. The summed E-state index contributed by atoms with van der Waals surface area (Å²) in [6, 6.07) is 3.62. The zero-order valence-electron chi connectivity index (χ0n) is 8.32. The van der Waals surface area contributed by atoms with E-state index < -0.39 is 5.97 Å². The van der Waals surface area contributed by atoms with E-state index >= 15 is 0 Å². The van der Waals surface area contributed by atoms with Crippen molar-refractivity contribution in [3.05, 3.63) is 30.1 Å². The highest BCUT2D eigenvalue weighted by Gasteiger charge is 2.01. The fraction of sp³-hybridized carbons (Fsp3) is 0.200. The fourth-order valence-corrected chi connectivity index (χ4v) is 0.863. The van der Waals surface area contributed by atoms with Gasteiger partial charge in [-0.3, -0.25) is 4.79 Å². The molecule has 0 saturated heterocycles. The molecule has 0 aliphatic heterocycles. The molecule has 15 heavy (non-hydrogen) atoms. The number of esters is 1. The average Bonchev–Trinajstić information content (AvgIpc) is 2.75. The summed E-state index contributed by atoms with van der Waals surface area (Å²) in [5.74, 6) is -0.884. The van der Waals surface area contributed by atoms with E-state index in [1.807, 2.05) is 12.1 Å². The Balaban J connectivity index is 2.33. The zero-order valence-corrected chi connectivity index (χ0v) is 8.32. The van der Waals surface area contributed by atoms with E-state index in [-0.39, 0.29) is 12.5 Å². The first-order valence-electron chi connectivity index (χ1n) is 4.41. The molecule has 80 valence electrons. The molecule has 1 rings (SSSR count). The normalized spacial score (nSPS) is 10.2. The summed E-state index contributed by atoms with van der Waals surface area (Å²) >= 11 is 0. The van der Waals surface area contributed by atoms with E-state index in [0.717, 1.165) is 5.69 Å². The van der Waals surface area contributed by atoms with Gasteiger partial charge in [-0.25, -0.2) is 4.79 Å². The Morgan fingerprint density at radius 3 is 3.00 bits per heavy atom. The molecule has 1 amide bonds. The van der Waals surface area contributed by atoms with Crippen molar-refractivity contribution < 1.29 is 14.3 Å². The summed E-state index contributed by atoms with van der Waals surface area (Å²) in [5.41, 5.74) is 0.798. The van der Waals surface area contributed by atoms with Gasteiger partial charge < -0.3 is 15.0 Å². The highest BCUT2D eigenvalue weighted by Crippen LogP contribution is 1.97. The molecule has 5 heteroatoms. The predicted octanol–water partition coefficient (Wildman–Crippen LogP) is 0.317. The number of rotatable bonds is 4. The maximum Gasteiger partial charge on any atom is 0.331 e. The van der Waals surface area contributed by atoms with Crippen LogP contribution in [0.25, 0.3) is 6.08 Å². The van der Waals surface area contributed by atoms with E-state index in [4.69, 9.17) is 0 Å². The van der Waals surface area contributed by atoms with E-state index in [2.05, 4.69) is 15.0 Å². The second kappa shape index (κ2) is 5.64. The van der Waals surface area contributed by atoms with Gasteiger partial charge in [0.1, 0.15) is 0 Å². The van der Waals surface area contributed by atoms with Crippen molar-refractivity contribution in [1.29, 1.82) is 0 Å². The van der Waals surface area contributed by atoms with Crippen LogP contribution in [0.1, 0.15) is 5.69 Å². The molecule has 0 unspecified atom stereocenters. The lowest BCUT2D eigenvalue weighted by Crippen LogP contribution is -2.24. The van der Waals surface area contributed by atoms with Crippen LogP contribution in [0.15, 0.2) is 24.4 Å². The number of hydrogen-bond donors (Lipinski definition) is 2. The molecule has 0 aliphatic rings. The molecular formula is C10H12N2O3. The first kappa shape index (κ1) is 11.0. The van der Waals surface area contributed by atoms with Crippen molar-refractivity contribution in [3.63, 3.8) is 0 Å². The van der Waals surface area contributed by atoms with Crippen LogP contribution in [0.3, 0.4) is 0 Å². The highest BCUT2D eigenvalue weighted by molar-refractivity contribution is 5.88. The number of aromatic nitrogens is 1. The van der Waals surface area contributed by atoms with Crippen molar-refractivity contribution in [2.45, 2.75) is 0 Å². The average molecular weight is 208 g/mol. The third-order valence-electron chi connectivity index (χ3n) is 1.65. The van der Waals surface area contributed by atoms with Gasteiger partial charge in [-0.15, -0.1) is 0 Å². The third-order valence-corrected chi connectivity index (χ3v) is 1.65. The summed E-state index contributed by atoms with van der Waals surface area (Å²) in [6.07, 6.45) is 4.58. The molecule has 0 radical (unpaired) electrons. The lowest BCUT2D eigenvalue weighted by molar-refractivity contribution is -0.143. The molecule has 1 heterocycles. The summed E-state index contributed by atoms with van der Waals surface area (Å²) in [6.45, 7) is -0.260. The van der Waals surface area contributed by atoms with Gasteiger partial charge in [0.15, 0.2) is 6.61 Å². The number of H-pyrrole nitrogens is 1. The van der Waals surface area contributed by atoms with Crippen LogP contribution in [0, 0.1) is 0 Å². The van der Waals surface area contributed by atoms with Crippen LogP contribution in [-0.2, 0) is 14.3 Å². The molecule has 0 aromatic carbocycles. The van der Waals surface area contributed by atoms with E-state index in [1.54, 1.807) is 12.3 Å². The Kier molecular flexibility index (Phi) is 4.15. The van der Waals surface area contributed by atoms with E-state index in [9.17, 15) is 9.59 Å². The Hall–Kier alpha value is -2.04. The quantitative estimate of drug-likeness (QED) is 0.553. The van der Waals surface area contributed by atoms with Crippen LogP contribution in [0.2, 0.25) is 0 Å². The molecule has 2 N–H and O–H groups in total. The van der Waals surface area contributed by atoms with Crippen LogP contribution >= 0.6 is 0 Å². The number of hydrogen-bond acceptors (Lipinski definition) is 3. The minimum Gasteiger partial charge on any atom is -0.452 e. The van der Waals surface area contributed by atoms with Crippen LogP contribution in [0.5, 0.6) is 0 Å². The third kappa shape index (κ3) is 4.12. The lowest BCUT2D eigenvalue weighted by atomic mass is 10.4.